The second kappa shape index (κ2) is 6.66. The third-order valence-corrected chi connectivity index (χ3v) is 3.41. The minimum Gasteiger partial charge on any atom is -0.467 e. The summed E-state index contributed by atoms with van der Waals surface area (Å²) in [5.41, 5.74) is 0. The molecule has 2 unspecified atom stereocenters. The molecule has 2 atom stereocenters. The molecule has 1 fully saturated rings. The van der Waals surface area contributed by atoms with Gasteiger partial charge in [0.2, 0.25) is 5.89 Å². The van der Waals surface area contributed by atoms with E-state index in [-0.39, 0.29) is 17.8 Å². The summed E-state index contributed by atoms with van der Waals surface area (Å²) in [4.78, 5) is 27.8. The normalized spacial score (nSPS) is 19.5. The van der Waals surface area contributed by atoms with Crippen LogP contribution in [-0.2, 0) is 9.53 Å². The molecule has 0 radical (unpaired) electrons. The third-order valence-electron chi connectivity index (χ3n) is 3.41. The number of hydrogen-bond donors (Lipinski definition) is 2. The zero-order valence-electron chi connectivity index (χ0n) is 12.4. The fraction of sp³-hybridized carbons (Fsp3) is 0.692. The Morgan fingerprint density at radius 2 is 2.24 bits per heavy atom. The predicted molar refractivity (Wildman–Crippen MR) is 72.4 cm³/mol. The maximum Gasteiger partial charge on any atom is 0.328 e. The zero-order chi connectivity index (χ0) is 15.4. The Bertz CT molecular complexity index is 508. The van der Waals surface area contributed by atoms with Gasteiger partial charge in [-0.3, -0.25) is 4.79 Å². The average molecular weight is 296 g/mol. The Kier molecular flexibility index (Phi) is 4.89. The van der Waals surface area contributed by atoms with E-state index in [1.807, 2.05) is 13.8 Å². The van der Waals surface area contributed by atoms with Crippen LogP contribution < -0.4 is 10.6 Å². The maximum absolute atomic E-state index is 12.1. The van der Waals surface area contributed by atoms with Crippen molar-refractivity contribution in [2.45, 2.75) is 38.8 Å². The Hall–Kier alpha value is -1.96. The maximum atomic E-state index is 12.1. The Morgan fingerprint density at radius 3 is 2.81 bits per heavy atom. The van der Waals surface area contributed by atoms with Crippen molar-refractivity contribution in [3.8, 4) is 0 Å². The van der Waals surface area contributed by atoms with Crippen molar-refractivity contribution in [1.29, 1.82) is 0 Å². The van der Waals surface area contributed by atoms with Crippen molar-refractivity contribution >= 4 is 11.9 Å². The van der Waals surface area contributed by atoms with Gasteiger partial charge in [0.05, 0.1) is 13.2 Å². The minimum absolute atomic E-state index is 0.000512. The van der Waals surface area contributed by atoms with E-state index < -0.39 is 17.9 Å². The molecule has 8 nitrogen and oxygen atoms in total. The van der Waals surface area contributed by atoms with Crippen molar-refractivity contribution in [1.82, 2.24) is 20.8 Å². The van der Waals surface area contributed by atoms with Gasteiger partial charge in [0, 0.05) is 0 Å². The molecule has 0 aromatic carbocycles. The van der Waals surface area contributed by atoms with Gasteiger partial charge in [0.25, 0.3) is 11.7 Å². The van der Waals surface area contributed by atoms with Crippen molar-refractivity contribution in [3.63, 3.8) is 0 Å². The molecular weight excluding hydrogens is 276 g/mol. The summed E-state index contributed by atoms with van der Waals surface area (Å²) in [6.45, 7) is 4.52. The van der Waals surface area contributed by atoms with Crippen LogP contribution in [0.4, 0.5) is 0 Å². The molecule has 2 heterocycles. The SMILES string of the molecule is COC(=O)C(NC(=O)c1noc(C2CCCN2)n1)C(C)C. The quantitative estimate of drug-likeness (QED) is 0.758. The lowest BCUT2D eigenvalue weighted by Crippen LogP contribution is -2.45. The molecule has 1 aliphatic rings. The van der Waals surface area contributed by atoms with Gasteiger partial charge in [-0.15, -0.1) is 0 Å². The number of esters is 1. The number of carbonyl (C=O) groups is 2. The van der Waals surface area contributed by atoms with E-state index in [4.69, 9.17) is 4.52 Å². The first-order chi connectivity index (χ1) is 10.0. The van der Waals surface area contributed by atoms with Gasteiger partial charge < -0.3 is 19.9 Å². The molecule has 116 valence electrons. The summed E-state index contributed by atoms with van der Waals surface area (Å²) < 4.78 is 9.77. The second-order valence-electron chi connectivity index (χ2n) is 5.32. The summed E-state index contributed by atoms with van der Waals surface area (Å²) in [5.74, 6) is -0.832. The van der Waals surface area contributed by atoms with E-state index in [2.05, 4.69) is 25.5 Å². The topological polar surface area (TPSA) is 106 Å². The van der Waals surface area contributed by atoms with Crippen molar-refractivity contribution in [2.24, 2.45) is 5.92 Å². The summed E-state index contributed by atoms with van der Waals surface area (Å²) in [7, 11) is 1.28. The fourth-order valence-electron chi connectivity index (χ4n) is 2.19. The molecule has 2 N–H and O–H groups in total. The summed E-state index contributed by atoms with van der Waals surface area (Å²) in [5, 5.41) is 9.45. The van der Waals surface area contributed by atoms with Crippen LogP contribution >= 0.6 is 0 Å². The lowest BCUT2D eigenvalue weighted by Gasteiger charge is -2.18. The Morgan fingerprint density at radius 1 is 1.48 bits per heavy atom. The van der Waals surface area contributed by atoms with E-state index in [1.54, 1.807) is 0 Å². The number of hydrogen-bond acceptors (Lipinski definition) is 7. The van der Waals surface area contributed by atoms with Crippen LogP contribution in [0.15, 0.2) is 4.52 Å². The molecule has 1 aliphatic heterocycles. The lowest BCUT2D eigenvalue weighted by atomic mass is 10.0. The number of nitrogens with zero attached hydrogens (tertiary/aromatic N) is 2. The highest BCUT2D eigenvalue weighted by Crippen LogP contribution is 2.21. The first kappa shape index (κ1) is 15.4. The van der Waals surface area contributed by atoms with Crippen molar-refractivity contribution in [2.75, 3.05) is 13.7 Å². The van der Waals surface area contributed by atoms with Crippen LogP contribution in [0, 0.1) is 5.92 Å². The molecule has 0 aliphatic carbocycles. The van der Waals surface area contributed by atoms with Crippen LogP contribution in [0.1, 0.15) is 49.2 Å². The molecule has 1 amide bonds. The largest absolute Gasteiger partial charge is 0.467 e. The first-order valence-corrected chi connectivity index (χ1v) is 6.98. The monoisotopic (exact) mass is 296 g/mol. The third kappa shape index (κ3) is 3.57. The van der Waals surface area contributed by atoms with Gasteiger partial charge in [0.15, 0.2) is 0 Å². The van der Waals surface area contributed by atoms with Crippen LogP contribution in [0.5, 0.6) is 0 Å². The lowest BCUT2D eigenvalue weighted by molar-refractivity contribution is -0.144. The van der Waals surface area contributed by atoms with Crippen LogP contribution in [0.25, 0.3) is 0 Å². The number of nitrogens with one attached hydrogen (secondary N) is 2. The van der Waals surface area contributed by atoms with Gasteiger partial charge in [-0.25, -0.2) is 4.79 Å². The van der Waals surface area contributed by atoms with E-state index in [1.165, 1.54) is 7.11 Å². The van der Waals surface area contributed by atoms with Gasteiger partial charge in [0.1, 0.15) is 6.04 Å². The molecule has 0 spiro atoms. The number of ether oxygens (including phenoxy) is 1. The molecule has 2 rings (SSSR count). The predicted octanol–water partition coefficient (Wildman–Crippen LogP) is 0.421. The molecular formula is C13H20N4O4. The van der Waals surface area contributed by atoms with Gasteiger partial charge in [-0.1, -0.05) is 19.0 Å². The van der Waals surface area contributed by atoms with Gasteiger partial charge >= 0.3 is 5.97 Å². The summed E-state index contributed by atoms with van der Waals surface area (Å²) >= 11 is 0. The highest BCUT2D eigenvalue weighted by atomic mass is 16.5. The highest BCUT2D eigenvalue weighted by Gasteiger charge is 2.29. The number of amides is 1. The zero-order valence-corrected chi connectivity index (χ0v) is 12.4. The molecule has 1 saturated heterocycles. The standard InChI is InChI=1S/C13H20N4O4/c1-7(2)9(13(19)20-3)15-11(18)10-16-12(21-17-10)8-5-4-6-14-8/h7-9,14H,4-6H2,1-3H3,(H,15,18). The number of aromatic nitrogens is 2. The van der Waals surface area contributed by atoms with Crippen molar-refractivity contribution in [3.05, 3.63) is 11.7 Å². The van der Waals surface area contributed by atoms with Crippen LogP contribution in [0.3, 0.4) is 0 Å². The molecule has 8 heteroatoms. The van der Waals surface area contributed by atoms with E-state index >= 15 is 0 Å². The molecule has 1 aromatic heterocycles. The molecule has 0 saturated carbocycles. The molecule has 1 aromatic rings. The van der Waals surface area contributed by atoms with Crippen molar-refractivity contribution < 1.29 is 18.8 Å². The molecule has 21 heavy (non-hydrogen) atoms. The number of carbonyl (C=O) groups excluding carboxylic acids is 2. The van der Waals surface area contributed by atoms with Gasteiger partial charge in [-0.05, 0) is 25.3 Å². The van der Waals surface area contributed by atoms with Crippen LogP contribution in [0.2, 0.25) is 0 Å². The number of methoxy groups -OCH3 is 1. The Labute approximate surface area is 122 Å². The van der Waals surface area contributed by atoms with E-state index in [0.29, 0.717) is 5.89 Å². The fourth-order valence-corrected chi connectivity index (χ4v) is 2.19. The second-order valence-corrected chi connectivity index (χ2v) is 5.32. The minimum atomic E-state index is -0.742. The Balaban J connectivity index is 2.03. The van der Waals surface area contributed by atoms with Crippen LogP contribution in [-0.4, -0.2) is 41.7 Å². The summed E-state index contributed by atoms with van der Waals surface area (Å²) in [6.07, 6.45) is 1.94. The summed E-state index contributed by atoms with van der Waals surface area (Å²) in [6, 6.07) is -0.741. The van der Waals surface area contributed by atoms with Gasteiger partial charge in [-0.2, -0.15) is 4.98 Å². The highest BCUT2D eigenvalue weighted by molar-refractivity contribution is 5.93. The smallest absolute Gasteiger partial charge is 0.328 e. The first-order valence-electron chi connectivity index (χ1n) is 6.98. The van der Waals surface area contributed by atoms with E-state index in [9.17, 15) is 9.59 Å². The average Bonchev–Trinajstić information content (AvgIpc) is 3.12. The number of rotatable bonds is 5. The molecule has 0 bridgehead atoms. The van der Waals surface area contributed by atoms with E-state index in [0.717, 1.165) is 19.4 Å².